The maximum Gasteiger partial charge on any atom is 0.220 e. The van der Waals surface area contributed by atoms with Gasteiger partial charge in [0, 0.05) is 6.42 Å². The van der Waals surface area contributed by atoms with Gasteiger partial charge in [-0.1, -0.05) is 229 Å². The lowest BCUT2D eigenvalue weighted by Crippen LogP contribution is -2.65. The Morgan fingerprint density at radius 2 is 0.870 bits per heavy atom. The maximum atomic E-state index is 13.3. The molecule has 12 unspecified atom stereocenters. The van der Waals surface area contributed by atoms with Crippen molar-refractivity contribution in [2.45, 2.75) is 325 Å². The van der Waals surface area contributed by atoms with Crippen molar-refractivity contribution in [2.75, 3.05) is 19.8 Å². The lowest BCUT2D eigenvalue weighted by molar-refractivity contribution is -0.359. The van der Waals surface area contributed by atoms with E-state index < -0.39 is 86.8 Å². The minimum Gasteiger partial charge on any atom is -0.394 e. The van der Waals surface area contributed by atoms with Crippen molar-refractivity contribution in [1.29, 1.82) is 0 Å². The van der Waals surface area contributed by atoms with Crippen LogP contribution in [0.3, 0.4) is 0 Å². The Labute approximate surface area is 467 Å². The first kappa shape index (κ1) is 71.1. The van der Waals surface area contributed by atoms with Crippen LogP contribution in [-0.2, 0) is 23.7 Å². The molecule has 14 nitrogen and oxygen atoms in total. The van der Waals surface area contributed by atoms with Gasteiger partial charge in [-0.05, 0) is 64.2 Å². The van der Waals surface area contributed by atoms with E-state index in [0.717, 1.165) is 44.9 Å². The van der Waals surface area contributed by atoms with Gasteiger partial charge in [0.2, 0.25) is 5.91 Å². The number of aliphatic hydroxyl groups is 8. The number of amides is 1. The second-order valence-corrected chi connectivity index (χ2v) is 22.2. The molecule has 2 saturated heterocycles. The average molecular weight is 1090 g/mol. The summed E-state index contributed by atoms with van der Waals surface area (Å²) in [5.74, 6) is -0.253. The Bertz CT molecular complexity index is 1480. The van der Waals surface area contributed by atoms with E-state index in [2.05, 4.69) is 55.6 Å². The van der Waals surface area contributed by atoms with Gasteiger partial charge >= 0.3 is 0 Å². The minimum atomic E-state index is -1.79. The summed E-state index contributed by atoms with van der Waals surface area (Å²) in [7, 11) is 0. The van der Waals surface area contributed by atoms with Crippen LogP contribution in [0.4, 0.5) is 0 Å². The third-order valence-electron chi connectivity index (χ3n) is 15.2. The number of hydrogen-bond acceptors (Lipinski definition) is 13. The molecular weight excluding hydrogens is 979 g/mol. The molecule has 0 bridgehead atoms. The van der Waals surface area contributed by atoms with Gasteiger partial charge in [0.1, 0.15) is 48.8 Å². The van der Waals surface area contributed by atoms with E-state index in [1.54, 1.807) is 6.08 Å². The van der Waals surface area contributed by atoms with Crippen LogP contribution in [0.5, 0.6) is 0 Å². The van der Waals surface area contributed by atoms with Crippen LogP contribution < -0.4 is 5.32 Å². The quantitative estimate of drug-likeness (QED) is 0.0204. The molecule has 0 spiro atoms. The summed E-state index contributed by atoms with van der Waals surface area (Å²) in [5, 5.41) is 87.2. The number of allylic oxidation sites excluding steroid dienone is 7. The number of nitrogens with one attached hydrogen (secondary N) is 1. The molecule has 0 aromatic heterocycles. The highest BCUT2D eigenvalue weighted by Gasteiger charge is 2.51. The molecule has 0 aromatic carbocycles. The normalized spacial score (nSPS) is 25.0. The van der Waals surface area contributed by atoms with Crippen LogP contribution in [0.1, 0.15) is 251 Å². The van der Waals surface area contributed by atoms with E-state index in [-0.39, 0.29) is 18.9 Å². The molecule has 2 heterocycles. The van der Waals surface area contributed by atoms with Gasteiger partial charge < -0.3 is 65.1 Å². The third kappa shape index (κ3) is 34.1. The van der Waals surface area contributed by atoms with Crippen molar-refractivity contribution in [3.63, 3.8) is 0 Å². The molecular formula is C63H115NO13. The van der Waals surface area contributed by atoms with E-state index in [4.69, 9.17) is 18.9 Å². The number of hydrogen-bond donors (Lipinski definition) is 9. The van der Waals surface area contributed by atoms with Crippen molar-refractivity contribution in [1.82, 2.24) is 5.32 Å². The zero-order chi connectivity index (χ0) is 56.0. The second kappa shape index (κ2) is 48.6. The number of ether oxygens (including phenoxy) is 4. The number of rotatable bonds is 50. The Morgan fingerprint density at radius 1 is 0.468 bits per heavy atom. The molecule has 12 atom stereocenters. The van der Waals surface area contributed by atoms with E-state index >= 15 is 0 Å². The fraction of sp³-hybridized carbons (Fsp3) is 0.857. The first-order valence-electron chi connectivity index (χ1n) is 31.4. The molecule has 0 aliphatic carbocycles. The van der Waals surface area contributed by atoms with E-state index in [1.165, 1.54) is 173 Å². The molecule has 0 radical (unpaired) electrons. The number of unbranched alkanes of at least 4 members (excludes halogenated alkanes) is 31. The summed E-state index contributed by atoms with van der Waals surface area (Å²) in [4.78, 5) is 13.3. The smallest absolute Gasteiger partial charge is 0.220 e. The first-order chi connectivity index (χ1) is 37.6. The number of carbonyl (C=O) groups excluding carboxylic acids is 1. The molecule has 2 aliphatic rings. The summed E-state index contributed by atoms with van der Waals surface area (Å²) < 4.78 is 22.8. The molecule has 9 N–H and O–H groups in total. The fourth-order valence-electron chi connectivity index (χ4n) is 10.2. The molecule has 2 fully saturated rings. The summed E-state index contributed by atoms with van der Waals surface area (Å²) >= 11 is 0. The van der Waals surface area contributed by atoms with Crippen molar-refractivity contribution >= 4 is 5.91 Å². The van der Waals surface area contributed by atoms with Gasteiger partial charge in [-0.15, -0.1) is 0 Å². The highest BCUT2D eigenvalue weighted by atomic mass is 16.7. The van der Waals surface area contributed by atoms with Crippen LogP contribution in [0.2, 0.25) is 0 Å². The van der Waals surface area contributed by atoms with Crippen molar-refractivity contribution < 1.29 is 64.6 Å². The summed E-state index contributed by atoms with van der Waals surface area (Å²) in [6, 6.07) is -0.935. The summed E-state index contributed by atoms with van der Waals surface area (Å²) in [6.07, 6.45) is 44.4. The Hall–Kier alpha value is -2.05. The summed E-state index contributed by atoms with van der Waals surface area (Å²) in [5.41, 5.74) is 0. The van der Waals surface area contributed by atoms with Crippen LogP contribution in [-0.4, -0.2) is 140 Å². The largest absolute Gasteiger partial charge is 0.394 e. The molecule has 0 aromatic rings. The standard InChI is InChI=1S/C63H115NO13/c1-3-5-7-9-11-13-15-17-19-21-23-24-25-26-27-29-30-32-34-36-38-40-42-44-46-52(67)51(64-55(68)47-45-43-41-39-37-35-33-31-28-22-20-18-16-14-12-10-8-6-4-2)50-74-62-60(73)58(71)61(54(49-66)76-62)77-63-59(72)57(70)56(69)53(48-65)75-63/h12,14,18,20,36,38,44,46,51-54,56-63,65-67,69-73H,3-11,13,15-17,19,21-35,37,39-43,45,47-50H2,1-2H3,(H,64,68)/b14-12-,20-18-,38-36+,46-44+. The summed E-state index contributed by atoms with van der Waals surface area (Å²) in [6.45, 7) is 2.77. The highest BCUT2D eigenvalue weighted by molar-refractivity contribution is 5.76. The maximum absolute atomic E-state index is 13.3. The zero-order valence-corrected chi connectivity index (χ0v) is 48.5. The number of aliphatic hydroxyl groups excluding tert-OH is 8. The highest BCUT2D eigenvalue weighted by Crippen LogP contribution is 2.30. The van der Waals surface area contributed by atoms with Gasteiger partial charge in [-0.3, -0.25) is 4.79 Å². The van der Waals surface area contributed by atoms with E-state index in [9.17, 15) is 45.6 Å². The van der Waals surface area contributed by atoms with Crippen molar-refractivity contribution in [3.05, 3.63) is 48.6 Å². The Morgan fingerprint density at radius 3 is 1.38 bits per heavy atom. The molecule has 1 amide bonds. The zero-order valence-electron chi connectivity index (χ0n) is 48.5. The second-order valence-electron chi connectivity index (χ2n) is 22.2. The molecule has 450 valence electrons. The average Bonchev–Trinajstić information content (AvgIpc) is 3.44. The van der Waals surface area contributed by atoms with E-state index in [0.29, 0.717) is 12.8 Å². The lowest BCUT2D eigenvalue weighted by atomic mass is 9.97. The predicted molar refractivity (Wildman–Crippen MR) is 309 cm³/mol. The molecule has 2 aliphatic heterocycles. The van der Waals surface area contributed by atoms with Crippen LogP contribution in [0.25, 0.3) is 0 Å². The lowest BCUT2D eigenvalue weighted by Gasteiger charge is -2.46. The molecule has 0 saturated carbocycles. The first-order valence-corrected chi connectivity index (χ1v) is 31.4. The predicted octanol–water partition coefficient (Wildman–Crippen LogP) is 11.2. The van der Waals surface area contributed by atoms with Crippen LogP contribution in [0.15, 0.2) is 48.6 Å². The fourth-order valence-corrected chi connectivity index (χ4v) is 10.2. The Balaban J connectivity index is 1.76. The topological polar surface area (TPSA) is 228 Å². The monoisotopic (exact) mass is 1090 g/mol. The van der Waals surface area contributed by atoms with Gasteiger partial charge in [-0.2, -0.15) is 0 Å². The van der Waals surface area contributed by atoms with Gasteiger partial charge in [-0.25, -0.2) is 0 Å². The number of carbonyl (C=O) groups is 1. The van der Waals surface area contributed by atoms with Crippen molar-refractivity contribution in [3.8, 4) is 0 Å². The van der Waals surface area contributed by atoms with Crippen molar-refractivity contribution in [2.24, 2.45) is 0 Å². The van der Waals surface area contributed by atoms with Crippen LogP contribution in [0, 0.1) is 0 Å². The SMILES string of the molecule is CCCCC/C=C\C/C=C\CCCCCCCCCCCC(=O)NC(COC1OC(CO)C(OC2OC(CO)C(O)C(O)C2O)C(O)C1O)C(O)/C=C/CC/C=C/CCCCCCCCCCCCCCCCCCCC. The molecule has 77 heavy (non-hydrogen) atoms. The van der Waals surface area contributed by atoms with Crippen LogP contribution >= 0.6 is 0 Å². The third-order valence-corrected chi connectivity index (χ3v) is 15.2. The molecule has 2 rings (SSSR count). The van der Waals surface area contributed by atoms with E-state index in [1.807, 2.05) is 6.08 Å². The Kier molecular flexibility index (Phi) is 44.9. The minimum absolute atomic E-state index is 0.253. The van der Waals surface area contributed by atoms with Gasteiger partial charge in [0.25, 0.3) is 0 Å². The van der Waals surface area contributed by atoms with Gasteiger partial charge in [0.15, 0.2) is 12.6 Å². The van der Waals surface area contributed by atoms with Gasteiger partial charge in [0.05, 0.1) is 32.0 Å². The molecule has 14 heteroatoms.